The fourth-order valence-electron chi connectivity index (χ4n) is 3.49. The third-order valence-electron chi connectivity index (χ3n) is 5.16. The first kappa shape index (κ1) is 24.2. The van der Waals surface area contributed by atoms with Crippen molar-refractivity contribution in [1.82, 2.24) is 9.78 Å². The quantitative estimate of drug-likeness (QED) is 0.460. The number of benzene rings is 1. The maximum absolute atomic E-state index is 14.0. The lowest BCUT2D eigenvalue weighted by Crippen LogP contribution is -2.60. The van der Waals surface area contributed by atoms with Gasteiger partial charge < -0.3 is 29.9 Å². The summed E-state index contributed by atoms with van der Waals surface area (Å²) in [6.45, 7) is 4.34. The minimum atomic E-state index is -4.77. The van der Waals surface area contributed by atoms with Crippen molar-refractivity contribution in [2.75, 3.05) is 6.61 Å². The number of aromatic nitrogens is 2. The summed E-state index contributed by atoms with van der Waals surface area (Å²) in [5.41, 5.74) is 0.167. The first-order valence-corrected chi connectivity index (χ1v) is 9.87. The molecule has 1 saturated heterocycles. The van der Waals surface area contributed by atoms with Gasteiger partial charge in [-0.1, -0.05) is 35.9 Å². The van der Waals surface area contributed by atoms with Gasteiger partial charge in [-0.05, 0) is 12.5 Å². The molecule has 0 unspecified atom stereocenters. The molecule has 5 atom stereocenters. The molecular weight excluding hydrogens is 433 g/mol. The number of aliphatic hydroxyl groups excluding tert-OH is 4. The summed E-state index contributed by atoms with van der Waals surface area (Å²) in [5, 5.41) is 43.3. The summed E-state index contributed by atoms with van der Waals surface area (Å²) in [6.07, 6.45) is -11.8. The molecule has 0 amide bonds. The standard InChI is InChI=1S/C21H25F3N2O6/c1-3-8-26-18(21(22,23)24)13(9-12-6-4-11(2)5-7-12)19(25-26)32-20-17(30)16(29)15(28)14(10-27)31-20/h3-7,14-17,20,27-30H,1,8-10H2,2H3/t14-,15-,16+,17-,20+/m1/s1. The Bertz CT molecular complexity index is 929. The van der Waals surface area contributed by atoms with Crippen LogP contribution >= 0.6 is 0 Å². The van der Waals surface area contributed by atoms with E-state index in [2.05, 4.69) is 11.7 Å². The van der Waals surface area contributed by atoms with Crippen molar-refractivity contribution in [2.24, 2.45) is 0 Å². The molecule has 1 fully saturated rings. The van der Waals surface area contributed by atoms with Gasteiger partial charge in [-0.3, -0.25) is 4.68 Å². The average molecular weight is 458 g/mol. The zero-order valence-electron chi connectivity index (χ0n) is 17.2. The second kappa shape index (κ2) is 9.59. The lowest BCUT2D eigenvalue weighted by atomic mass is 9.99. The number of allylic oxidation sites excluding steroid dienone is 1. The number of ether oxygens (including phenoxy) is 2. The summed E-state index contributed by atoms with van der Waals surface area (Å²) in [4.78, 5) is 0. The Morgan fingerprint density at radius 2 is 1.81 bits per heavy atom. The highest BCUT2D eigenvalue weighted by atomic mass is 19.4. The van der Waals surface area contributed by atoms with Gasteiger partial charge in [0.1, 0.15) is 30.1 Å². The Morgan fingerprint density at radius 3 is 2.38 bits per heavy atom. The van der Waals surface area contributed by atoms with Crippen LogP contribution in [0.15, 0.2) is 36.9 Å². The van der Waals surface area contributed by atoms with Crippen molar-refractivity contribution >= 4 is 0 Å². The van der Waals surface area contributed by atoms with Crippen LogP contribution in [0.5, 0.6) is 5.88 Å². The number of aryl methyl sites for hydroxylation is 1. The van der Waals surface area contributed by atoms with Crippen LogP contribution in [0.2, 0.25) is 0 Å². The first-order chi connectivity index (χ1) is 15.1. The molecule has 3 rings (SSSR count). The Morgan fingerprint density at radius 1 is 1.16 bits per heavy atom. The summed E-state index contributed by atoms with van der Waals surface area (Å²) in [6, 6.07) is 6.87. The van der Waals surface area contributed by atoms with Gasteiger partial charge >= 0.3 is 6.18 Å². The summed E-state index contributed by atoms with van der Waals surface area (Å²) in [5.74, 6) is -0.455. The van der Waals surface area contributed by atoms with E-state index >= 15 is 0 Å². The minimum absolute atomic E-state index is 0.182. The Labute approximate surface area is 182 Å². The number of hydrogen-bond donors (Lipinski definition) is 4. The number of nitrogens with zero attached hydrogens (tertiary/aromatic N) is 2. The maximum Gasteiger partial charge on any atom is 0.433 e. The molecule has 0 spiro atoms. The normalized spacial score (nSPS) is 26.2. The van der Waals surface area contributed by atoms with Crippen molar-refractivity contribution in [3.63, 3.8) is 0 Å². The monoisotopic (exact) mass is 458 g/mol. The van der Waals surface area contributed by atoms with Crippen LogP contribution in [0.3, 0.4) is 0 Å². The number of hydrogen-bond acceptors (Lipinski definition) is 7. The highest BCUT2D eigenvalue weighted by Gasteiger charge is 2.46. The number of aliphatic hydroxyl groups is 4. The molecule has 1 aliphatic heterocycles. The molecule has 1 aromatic heterocycles. The van der Waals surface area contributed by atoms with E-state index in [0.29, 0.717) is 10.2 Å². The van der Waals surface area contributed by atoms with Crippen LogP contribution in [0.25, 0.3) is 0 Å². The average Bonchev–Trinajstić information content (AvgIpc) is 3.07. The second-order valence-electron chi connectivity index (χ2n) is 7.58. The molecule has 0 aliphatic carbocycles. The lowest BCUT2D eigenvalue weighted by molar-refractivity contribution is -0.278. The van der Waals surface area contributed by atoms with E-state index in [-0.39, 0.29) is 18.5 Å². The van der Waals surface area contributed by atoms with Gasteiger partial charge in [-0.25, -0.2) is 0 Å². The van der Waals surface area contributed by atoms with Crippen molar-refractivity contribution in [1.29, 1.82) is 0 Å². The fraction of sp³-hybridized carbons (Fsp3) is 0.476. The van der Waals surface area contributed by atoms with Gasteiger partial charge in [0.2, 0.25) is 12.2 Å². The van der Waals surface area contributed by atoms with Gasteiger partial charge in [-0.2, -0.15) is 13.2 Å². The van der Waals surface area contributed by atoms with E-state index in [1.807, 2.05) is 6.92 Å². The van der Waals surface area contributed by atoms with Crippen molar-refractivity contribution in [3.05, 3.63) is 59.3 Å². The molecule has 0 bridgehead atoms. The minimum Gasteiger partial charge on any atom is -0.443 e. The molecular formula is C21H25F3N2O6. The lowest BCUT2D eigenvalue weighted by Gasteiger charge is -2.39. The Kier molecular flexibility index (Phi) is 7.25. The highest BCUT2D eigenvalue weighted by molar-refractivity contribution is 5.39. The van der Waals surface area contributed by atoms with E-state index in [1.165, 1.54) is 6.08 Å². The van der Waals surface area contributed by atoms with Gasteiger partial charge in [0.15, 0.2) is 0 Å². The molecule has 176 valence electrons. The molecule has 32 heavy (non-hydrogen) atoms. The Balaban J connectivity index is 2.03. The van der Waals surface area contributed by atoms with E-state index in [1.54, 1.807) is 24.3 Å². The topological polar surface area (TPSA) is 117 Å². The maximum atomic E-state index is 14.0. The fourth-order valence-corrected chi connectivity index (χ4v) is 3.49. The number of alkyl halides is 3. The zero-order chi connectivity index (χ0) is 23.6. The summed E-state index contributed by atoms with van der Waals surface area (Å²) < 4.78 is 53.3. The van der Waals surface area contributed by atoms with Gasteiger partial charge in [0.05, 0.1) is 18.7 Å². The van der Waals surface area contributed by atoms with E-state index in [0.717, 1.165) is 5.56 Å². The van der Waals surface area contributed by atoms with E-state index < -0.39 is 55.1 Å². The van der Waals surface area contributed by atoms with E-state index in [4.69, 9.17) is 9.47 Å². The second-order valence-corrected chi connectivity index (χ2v) is 7.58. The Hall–Kier alpha value is -2.44. The van der Waals surface area contributed by atoms with Crippen LogP contribution < -0.4 is 4.74 Å². The van der Waals surface area contributed by atoms with Crippen LogP contribution in [-0.4, -0.2) is 67.5 Å². The van der Waals surface area contributed by atoms with Gasteiger partial charge in [0, 0.05) is 6.42 Å². The van der Waals surface area contributed by atoms with Crippen molar-refractivity contribution in [2.45, 2.75) is 56.8 Å². The van der Waals surface area contributed by atoms with Gasteiger partial charge in [0.25, 0.3) is 0 Å². The molecule has 1 aromatic carbocycles. The third kappa shape index (κ3) is 4.97. The highest BCUT2D eigenvalue weighted by Crippen LogP contribution is 2.38. The smallest absolute Gasteiger partial charge is 0.433 e. The van der Waals surface area contributed by atoms with Crippen molar-refractivity contribution < 1.29 is 43.1 Å². The summed E-state index contributed by atoms with van der Waals surface area (Å²) >= 11 is 0. The molecule has 1 aliphatic rings. The van der Waals surface area contributed by atoms with Crippen LogP contribution in [-0.2, 0) is 23.9 Å². The SMILES string of the molecule is C=CCn1nc(O[C@@H]2O[C@H](CO)[C@@H](O)[C@H](O)[C@H]2O)c(Cc2ccc(C)cc2)c1C(F)(F)F. The van der Waals surface area contributed by atoms with Crippen LogP contribution in [0.1, 0.15) is 22.4 Å². The molecule has 8 nitrogen and oxygen atoms in total. The van der Waals surface area contributed by atoms with Crippen LogP contribution in [0, 0.1) is 6.92 Å². The summed E-state index contributed by atoms with van der Waals surface area (Å²) in [7, 11) is 0. The molecule has 0 radical (unpaired) electrons. The molecule has 2 aromatic rings. The third-order valence-corrected chi connectivity index (χ3v) is 5.16. The molecule has 11 heteroatoms. The predicted molar refractivity (Wildman–Crippen MR) is 106 cm³/mol. The van der Waals surface area contributed by atoms with Gasteiger partial charge in [-0.15, -0.1) is 11.7 Å². The largest absolute Gasteiger partial charge is 0.443 e. The van der Waals surface area contributed by atoms with E-state index in [9.17, 15) is 33.6 Å². The molecule has 4 N–H and O–H groups in total. The molecule has 0 saturated carbocycles. The van der Waals surface area contributed by atoms with Crippen LogP contribution in [0.4, 0.5) is 13.2 Å². The predicted octanol–water partition coefficient (Wildman–Crippen LogP) is 1.17. The number of rotatable bonds is 7. The van der Waals surface area contributed by atoms with Crippen molar-refractivity contribution in [3.8, 4) is 5.88 Å². The zero-order valence-corrected chi connectivity index (χ0v) is 17.2. The molecule has 2 heterocycles. The first-order valence-electron chi connectivity index (χ1n) is 9.87. The number of halogens is 3.